The van der Waals surface area contributed by atoms with Crippen LogP contribution in [0, 0.1) is 0 Å². The van der Waals surface area contributed by atoms with Crippen molar-refractivity contribution in [2.24, 2.45) is 14.1 Å². The number of carbonyl (C=O) groups is 2. The molecule has 4 aliphatic rings. The number of fused-ring (bicyclic) bond motifs is 8. The molecule has 2 fully saturated rings. The number of esters is 1. The van der Waals surface area contributed by atoms with Crippen LogP contribution in [0.5, 0.6) is 11.5 Å². The molecule has 15 heteroatoms. The number of nitrogens with one attached hydrogen (secondary N) is 2. The van der Waals surface area contributed by atoms with Crippen molar-refractivity contribution < 1.29 is 28.9 Å². The summed E-state index contributed by atoms with van der Waals surface area (Å²) >= 11 is 0. The predicted molar refractivity (Wildman–Crippen MR) is 238 cm³/mol. The van der Waals surface area contributed by atoms with Gasteiger partial charge in [0.05, 0.1) is 11.4 Å². The molecule has 2 aliphatic heterocycles. The minimum Gasteiger partial charge on any atom is -0.506 e. The number of aromatic amines is 2. The van der Waals surface area contributed by atoms with E-state index in [9.17, 15) is 33.8 Å². The summed E-state index contributed by atoms with van der Waals surface area (Å²) in [4.78, 5) is 67.1. The van der Waals surface area contributed by atoms with Gasteiger partial charge in [-0.15, -0.1) is 0 Å². The topological polar surface area (TPSA) is 169 Å². The van der Waals surface area contributed by atoms with Crippen molar-refractivity contribution in [3.05, 3.63) is 102 Å². The van der Waals surface area contributed by atoms with Crippen LogP contribution in [0.2, 0.25) is 0 Å². The highest BCUT2D eigenvalue weighted by Gasteiger charge is 2.33. The van der Waals surface area contributed by atoms with Crippen molar-refractivity contribution in [2.75, 3.05) is 40.3 Å². The first kappa shape index (κ1) is 41.0. The number of hydrogen-bond donors (Lipinski definition) is 4. The largest absolute Gasteiger partial charge is 0.506 e. The number of halogens is 1. The van der Waals surface area contributed by atoms with Gasteiger partial charge >= 0.3 is 11.9 Å². The molecule has 328 valence electrons. The summed E-state index contributed by atoms with van der Waals surface area (Å²) in [5.74, 6) is -3.84. The first-order valence-electron chi connectivity index (χ1n) is 21.9. The zero-order valence-electron chi connectivity index (χ0n) is 36.1. The number of aryl methyl sites for hydroxylation is 4. The third-order valence-corrected chi connectivity index (χ3v) is 14.2. The fraction of sp³-hybridized carbons (Fsp3) is 0.417. The van der Waals surface area contributed by atoms with Gasteiger partial charge in [0.15, 0.2) is 16.9 Å². The number of nitrogens with zero attached hydrogens (tertiary/aromatic N) is 5. The second-order valence-corrected chi connectivity index (χ2v) is 18.2. The van der Waals surface area contributed by atoms with Gasteiger partial charge in [-0.1, -0.05) is 0 Å². The number of carbonyl (C=O) groups excluding carboxylic acids is 1. The molecule has 2 aromatic carbocycles. The summed E-state index contributed by atoms with van der Waals surface area (Å²) in [6.45, 7) is 4.49. The van der Waals surface area contributed by atoms with E-state index in [-0.39, 0.29) is 6.42 Å². The van der Waals surface area contributed by atoms with Gasteiger partial charge in [-0.25, -0.2) is 14.0 Å². The molecule has 4 N–H and O–H groups in total. The van der Waals surface area contributed by atoms with Gasteiger partial charge in [-0.05, 0) is 113 Å². The zero-order valence-corrected chi connectivity index (χ0v) is 36.1. The molecular weight excluding hydrogens is 806 g/mol. The number of ether oxygens (including phenoxy) is 1. The number of benzene rings is 2. The highest BCUT2D eigenvalue weighted by Crippen LogP contribution is 2.42. The maximum Gasteiger partial charge on any atom is 0.353 e. The lowest BCUT2D eigenvalue weighted by Crippen LogP contribution is -2.31. The standard InChI is InChI=1S/C48H52FN7O7/c1-52(2)30-12-14-56(22-30)24-32-16-27-17-35-25(19-37(27)54(32)4)7-5-9-33-41(35)50-45(58)39(43(33)57)48(62)63-44-34-10-6-8-26-20-38-28(15-31(53(38)3)23-55-13-11-29(49)21-55)18-36(26)42(34)51-46(59)40(44)47(60)61/h15-20,29-30H,5-14,21-24H2,1-4H3,(H,51,59)(H,60,61)(H2,50,57,58)/t29-,30?/m1/s1. The zero-order chi connectivity index (χ0) is 44.0. The summed E-state index contributed by atoms with van der Waals surface area (Å²) < 4.78 is 24.2. The number of alkyl halides is 1. The van der Waals surface area contributed by atoms with Gasteiger partial charge in [0.1, 0.15) is 11.9 Å². The summed E-state index contributed by atoms with van der Waals surface area (Å²) in [5, 5.41) is 24.0. The number of likely N-dealkylation sites (N-methyl/N-ethyl adjacent to an activating group) is 1. The molecule has 6 heterocycles. The van der Waals surface area contributed by atoms with Gasteiger partial charge in [0.2, 0.25) is 0 Å². The van der Waals surface area contributed by atoms with Crippen LogP contribution in [-0.4, -0.2) is 108 Å². The Balaban J connectivity index is 1.00. The van der Waals surface area contributed by atoms with Crippen molar-refractivity contribution in [2.45, 2.75) is 76.7 Å². The van der Waals surface area contributed by atoms with E-state index >= 15 is 0 Å². The van der Waals surface area contributed by atoms with Crippen LogP contribution >= 0.6 is 0 Å². The van der Waals surface area contributed by atoms with Crippen LogP contribution in [0.1, 0.15) is 80.0 Å². The molecule has 0 radical (unpaired) electrons. The third kappa shape index (κ3) is 7.06. The normalized spacial score (nSPS) is 19.0. The fourth-order valence-corrected chi connectivity index (χ4v) is 10.7. The average Bonchev–Trinajstić information content (AvgIpc) is 3.96. The van der Waals surface area contributed by atoms with Gasteiger partial charge in [-0.3, -0.25) is 19.4 Å². The minimum atomic E-state index is -1.60. The Bertz CT molecular complexity index is 3010. The lowest BCUT2D eigenvalue weighted by atomic mass is 9.97. The number of H-pyrrole nitrogens is 2. The first-order valence-corrected chi connectivity index (χ1v) is 21.9. The Morgan fingerprint density at radius 1 is 0.762 bits per heavy atom. The number of aromatic nitrogens is 4. The van der Waals surface area contributed by atoms with Crippen LogP contribution in [0.4, 0.5) is 4.39 Å². The number of aromatic hydroxyl groups is 1. The maximum absolute atomic E-state index is 14.2. The van der Waals surface area contributed by atoms with E-state index in [0.29, 0.717) is 92.3 Å². The van der Waals surface area contributed by atoms with E-state index in [0.717, 1.165) is 70.2 Å². The lowest BCUT2D eigenvalue weighted by Gasteiger charge is -2.20. The number of hydrogen-bond acceptors (Lipinski definition) is 9. The SMILES string of the molecule is CN(C)C1CCN(Cc2cc3cc4c(cc3n2C)CCCc2c-4[nH]c(=O)c(C(=O)Oc3c4c([nH]c(=O)c3C(=O)O)-c3cc5cc(CN6CC[C@@H](F)C6)n(C)c5cc3CCC4)c2O)C1. The van der Waals surface area contributed by atoms with E-state index < -0.39 is 51.9 Å². The molecular formula is C48H52FN7O7. The fourth-order valence-electron chi connectivity index (χ4n) is 10.7. The van der Waals surface area contributed by atoms with E-state index in [1.807, 2.05) is 25.2 Å². The second kappa shape index (κ2) is 15.6. The molecule has 0 bridgehead atoms. The van der Waals surface area contributed by atoms with Gasteiger partial charge < -0.3 is 39.0 Å². The number of carboxylic acids is 1. The monoisotopic (exact) mass is 857 g/mol. The molecule has 0 saturated carbocycles. The number of carboxylic acid groups (broad SMARTS) is 1. The summed E-state index contributed by atoms with van der Waals surface area (Å²) in [5.41, 5.74) is 5.77. The molecule has 14 nitrogen and oxygen atoms in total. The second-order valence-electron chi connectivity index (χ2n) is 18.2. The number of aromatic carboxylic acids is 1. The Morgan fingerprint density at radius 3 is 1.84 bits per heavy atom. The van der Waals surface area contributed by atoms with Crippen LogP contribution in [0.15, 0.2) is 46.0 Å². The van der Waals surface area contributed by atoms with Crippen molar-refractivity contribution in [3.63, 3.8) is 0 Å². The van der Waals surface area contributed by atoms with Crippen molar-refractivity contribution in [1.82, 2.24) is 33.8 Å². The smallest absolute Gasteiger partial charge is 0.353 e. The summed E-state index contributed by atoms with van der Waals surface area (Å²) in [7, 11) is 8.29. The first-order chi connectivity index (χ1) is 30.2. The third-order valence-electron chi connectivity index (χ3n) is 14.2. The Morgan fingerprint density at radius 2 is 1.30 bits per heavy atom. The molecule has 1 unspecified atom stereocenters. The Labute approximate surface area is 362 Å². The van der Waals surface area contributed by atoms with Gasteiger partial charge in [0, 0.05) is 115 Å². The number of likely N-dealkylation sites (tertiary alicyclic amines) is 2. The quantitative estimate of drug-likeness (QED) is 0.140. The maximum atomic E-state index is 14.2. The lowest BCUT2D eigenvalue weighted by molar-refractivity contribution is 0.0677. The van der Waals surface area contributed by atoms with E-state index in [2.05, 4.69) is 73.1 Å². The predicted octanol–water partition coefficient (Wildman–Crippen LogP) is 5.66. The molecule has 10 rings (SSSR count). The van der Waals surface area contributed by atoms with Crippen LogP contribution in [0.3, 0.4) is 0 Å². The van der Waals surface area contributed by atoms with E-state index in [1.54, 1.807) is 0 Å². The van der Waals surface area contributed by atoms with E-state index in [1.165, 1.54) is 5.69 Å². The Hall–Kier alpha value is -6.03. The van der Waals surface area contributed by atoms with Crippen LogP contribution in [0.25, 0.3) is 44.3 Å². The van der Waals surface area contributed by atoms with E-state index in [4.69, 9.17) is 4.74 Å². The molecule has 2 aliphatic carbocycles. The molecule has 2 atom stereocenters. The van der Waals surface area contributed by atoms with Crippen molar-refractivity contribution in [3.8, 4) is 34.0 Å². The van der Waals surface area contributed by atoms with Crippen LogP contribution in [-0.2, 0) is 52.9 Å². The minimum absolute atomic E-state index is 0.262. The van der Waals surface area contributed by atoms with Crippen molar-refractivity contribution in [1.29, 1.82) is 0 Å². The average molecular weight is 858 g/mol. The molecule has 2 saturated heterocycles. The Kier molecular flexibility index (Phi) is 10.2. The number of pyridine rings is 2. The highest BCUT2D eigenvalue weighted by molar-refractivity contribution is 5.99. The molecule has 4 aromatic heterocycles. The molecule has 0 spiro atoms. The molecule has 6 aromatic rings. The summed E-state index contributed by atoms with van der Waals surface area (Å²) in [6, 6.07) is 12.9. The number of rotatable bonds is 8. The van der Waals surface area contributed by atoms with Crippen molar-refractivity contribution >= 4 is 33.7 Å². The molecule has 0 amide bonds. The summed E-state index contributed by atoms with van der Waals surface area (Å²) in [6.07, 6.45) is 3.86. The van der Waals surface area contributed by atoms with Crippen LogP contribution < -0.4 is 15.9 Å². The van der Waals surface area contributed by atoms with Gasteiger partial charge in [-0.2, -0.15) is 0 Å². The molecule has 63 heavy (non-hydrogen) atoms. The highest BCUT2D eigenvalue weighted by atomic mass is 19.1. The van der Waals surface area contributed by atoms with Gasteiger partial charge in [0.25, 0.3) is 11.1 Å².